The predicted octanol–water partition coefficient (Wildman–Crippen LogP) is 1.14. The van der Waals surface area contributed by atoms with Gasteiger partial charge in [-0.2, -0.15) is 0 Å². The zero-order chi connectivity index (χ0) is 20.1. The highest BCUT2D eigenvalue weighted by molar-refractivity contribution is 6.04. The van der Waals surface area contributed by atoms with Crippen LogP contribution in [-0.4, -0.2) is 71.1 Å². The van der Waals surface area contributed by atoms with Crippen molar-refractivity contribution in [3.8, 4) is 5.88 Å². The van der Waals surface area contributed by atoms with E-state index >= 15 is 0 Å². The molecule has 0 spiro atoms. The SMILES string of the molecule is C=CC(=O)N1CC[C@@H](COc2cnc3[nH]cc(C(=O)N[C@@H](C)COC)c3n2)C1. The minimum Gasteiger partial charge on any atom is -0.476 e. The lowest BCUT2D eigenvalue weighted by atomic mass is 10.1. The van der Waals surface area contributed by atoms with Crippen molar-refractivity contribution in [2.75, 3.05) is 33.4 Å². The number of nitrogens with zero attached hydrogens (tertiary/aromatic N) is 3. The molecular weight excluding hydrogens is 362 g/mol. The van der Waals surface area contributed by atoms with Crippen molar-refractivity contribution in [1.29, 1.82) is 0 Å². The molecule has 3 heterocycles. The number of rotatable bonds is 8. The van der Waals surface area contributed by atoms with E-state index < -0.39 is 0 Å². The molecule has 2 atom stereocenters. The quantitative estimate of drug-likeness (QED) is 0.658. The second-order valence-corrected chi connectivity index (χ2v) is 6.89. The van der Waals surface area contributed by atoms with Gasteiger partial charge in [-0.3, -0.25) is 9.59 Å². The van der Waals surface area contributed by atoms with Gasteiger partial charge in [0.15, 0.2) is 5.65 Å². The zero-order valence-corrected chi connectivity index (χ0v) is 16.1. The molecule has 28 heavy (non-hydrogen) atoms. The number of aromatic amines is 1. The van der Waals surface area contributed by atoms with Crippen molar-refractivity contribution in [2.24, 2.45) is 5.92 Å². The van der Waals surface area contributed by atoms with Crippen LogP contribution in [0.5, 0.6) is 5.88 Å². The third-order valence-corrected chi connectivity index (χ3v) is 4.64. The van der Waals surface area contributed by atoms with Crippen LogP contribution in [0.1, 0.15) is 23.7 Å². The van der Waals surface area contributed by atoms with E-state index in [1.165, 1.54) is 12.3 Å². The van der Waals surface area contributed by atoms with Crippen molar-refractivity contribution in [3.05, 3.63) is 30.6 Å². The maximum atomic E-state index is 12.5. The highest BCUT2D eigenvalue weighted by Gasteiger charge is 2.25. The summed E-state index contributed by atoms with van der Waals surface area (Å²) >= 11 is 0. The van der Waals surface area contributed by atoms with Gasteiger partial charge in [-0.25, -0.2) is 9.97 Å². The Balaban J connectivity index is 1.64. The number of hydrogen-bond donors (Lipinski definition) is 2. The molecule has 1 aliphatic rings. The molecule has 1 fully saturated rings. The van der Waals surface area contributed by atoms with Crippen LogP contribution in [0.2, 0.25) is 0 Å². The number of likely N-dealkylation sites (tertiary alicyclic amines) is 1. The molecular formula is C19H25N5O4. The van der Waals surface area contributed by atoms with E-state index in [4.69, 9.17) is 9.47 Å². The van der Waals surface area contributed by atoms with Gasteiger partial charge in [0.25, 0.3) is 5.91 Å². The number of aromatic nitrogens is 3. The Labute approximate surface area is 163 Å². The number of carbonyl (C=O) groups is 2. The summed E-state index contributed by atoms with van der Waals surface area (Å²) in [6, 6.07) is -0.126. The van der Waals surface area contributed by atoms with Crippen LogP contribution in [0.4, 0.5) is 0 Å². The fourth-order valence-electron chi connectivity index (χ4n) is 3.21. The number of methoxy groups -OCH3 is 1. The summed E-state index contributed by atoms with van der Waals surface area (Å²) < 4.78 is 10.8. The Kier molecular flexibility index (Phi) is 6.25. The van der Waals surface area contributed by atoms with Crippen molar-refractivity contribution in [1.82, 2.24) is 25.2 Å². The first-order valence-corrected chi connectivity index (χ1v) is 9.20. The Morgan fingerprint density at radius 2 is 2.36 bits per heavy atom. The van der Waals surface area contributed by atoms with Crippen LogP contribution < -0.4 is 10.1 Å². The van der Waals surface area contributed by atoms with E-state index in [1.54, 1.807) is 18.2 Å². The molecule has 0 saturated carbocycles. The van der Waals surface area contributed by atoms with Gasteiger partial charge in [0.1, 0.15) is 5.52 Å². The van der Waals surface area contributed by atoms with Gasteiger partial charge in [-0.05, 0) is 19.4 Å². The van der Waals surface area contributed by atoms with Crippen molar-refractivity contribution in [3.63, 3.8) is 0 Å². The van der Waals surface area contributed by atoms with Gasteiger partial charge < -0.3 is 24.7 Å². The summed E-state index contributed by atoms with van der Waals surface area (Å²) in [4.78, 5) is 37.6. The topological polar surface area (TPSA) is 109 Å². The van der Waals surface area contributed by atoms with E-state index in [1.807, 2.05) is 6.92 Å². The van der Waals surface area contributed by atoms with Gasteiger partial charge in [0.2, 0.25) is 11.8 Å². The zero-order valence-electron chi connectivity index (χ0n) is 16.1. The van der Waals surface area contributed by atoms with Gasteiger partial charge in [-0.15, -0.1) is 0 Å². The van der Waals surface area contributed by atoms with Crippen LogP contribution in [0.3, 0.4) is 0 Å². The average molecular weight is 387 g/mol. The number of carbonyl (C=O) groups excluding carboxylic acids is 2. The summed E-state index contributed by atoms with van der Waals surface area (Å²) in [6.45, 7) is 7.55. The summed E-state index contributed by atoms with van der Waals surface area (Å²) in [6.07, 6.45) is 5.30. The number of nitrogens with one attached hydrogen (secondary N) is 2. The van der Waals surface area contributed by atoms with E-state index in [9.17, 15) is 9.59 Å². The Morgan fingerprint density at radius 3 is 3.11 bits per heavy atom. The average Bonchev–Trinajstić information content (AvgIpc) is 3.32. The Morgan fingerprint density at radius 1 is 1.54 bits per heavy atom. The number of amides is 2. The first kappa shape index (κ1) is 19.8. The fourth-order valence-corrected chi connectivity index (χ4v) is 3.21. The molecule has 2 aromatic rings. The van der Waals surface area contributed by atoms with Crippen LogP contribution in [0.15, 0.2) is 25.0 Å². The summed E-state index contributed by atoms with van der Waals surface area (Å²) in [5.74, 6) is 0.260. The molecule has 0 radical (unpaired) electrons. The number of fused-ring (bicyclic) bond motifs is 1. The second-order valence-electron chi connectivity index (χ2n) is 6.89. The maximum absolute atomic E-state index is 12.5. The summed E-state index contributed by atoms with van der Waals surface area (Å²) in [7, 11) is 1.58. The molecule has 1 aliphatic heterocycles. The predicted molar refractivity (Wildman–Crippen MR) is 103 cm³/mol. The van der Waals surface area contributed by atoms with Crippen LogP contribution in [0.25, 0.3) is 11.2 Å². The molecule has 3 rings (SSSR count). The Hall–Kier alpha value is -2.94. The smallest absolute Gasteiger partial charge is 0.255 e. The highest BCUT2D eigenvalue weighted by Crippen LogP contribution is 2.20. The molecule has 9 nitrogen and oxygen atoms in total. The highest BCUT2D eigenvalue weighted by atomic mass is 16.5. The minimum atomic E-state index is -0.253. The molecule has 2 aromatic heterocycles. The lowest BCUT2D eigenvalue weighted by Gasteiger charge is -2.14. The molecule has 0 unspecified atom stereocenters. The first-order valence-electron chi connectivity index (χ1n) is 9.20. The van der Waals surface area contributed by atoms with Gasteiger partial charge in [-0.1, -0.05) is 6.58 Å². The van der Waals surface area contributed by atoms with Gasteiger partial charge in [0, 0.05) is 38.4 Å². The molecule has 2 amide bonds. The molecule has 0 aliphatic carbocycles. The first-order chi connectivity index (χ1) is 13.5. The van der Waals surface area contributed by atoms with Gasteiger partial charge in [0.05, 0.1) is 25.0 Å². The van der Waals surface area contributed by atoms with Crippen molar-refractivity contribution < 1.29 is 19.1 Å². The van der Waals surface area contributed by atoms with Gasteiger partial charge >= 0.3 is 0 Å². The lowest BCUT2D eigenvalue weighted by molar-refractivity contribution is -0.125. The van der Waals surface area contributed by atoms with E-state index in [-0.39, 0.29) is 23.8 Å². The fraction of sp³-hybridized carbons (Fsp3) is 0.474. The maximum Gasteiger partial charge on any atom is 0.255 e. The third kappa shape index (κ3) is 4.48. The van der Waals surface area contributed by atoms with Crippen LogP contribution in [-0.2, 0) is 9.53 Å². The van der Waals surface area contributed by atoms with E-state index in [2.05, 4.69) is 26.8 Å². The summed E-state index contributed by atoms with van der Waals surface area (Å²) in [5.41, 5.74) is 1.37. The normalized spacial score (nSPS) is 17.5. The molecule has 2 N–H and O–H groups in total. The molecule has 1 saturated heterocycles. The largest absolute Gasteiger partial charge is 0.476 e. The van der Waals surface area contributed by atoms with E-state index in [0.29, 0.717) is 48.9 Å². The molecule has 0 bridgehead atoms. The van der Waals surface area contributed by atoms with Crippen LogP contribution in [0, 0.1) is 5.92 Å². The number of H-pyrrole nitrogens is 1. The summed E-state index contributed by atoms with van der Waals surface area (Å²) in [5, 5.41) is 2.85. The lowest BCUT2D eigenvalue weighted by Crippen LogP contribution is -2.35. The van der Waals surface area contributed by atoms with Crippen LogP contribution >= 0.6 is 0 Å². The Bertz CT molecular complexity index is 865. The van der Waals surface area contributed by atoms with Crippen molar-refractivity contribution in [2.45, 2.75) is 19.4 Å². The molecule has 0 aromatic carbocycles. The molecule has 9 heteroatoms. The monoisotopic (exact) mass is 387 g/mol. The van der Waals surface area contributed by atoms with Crippen molar-refractivity contribution >= 4 is 23.0 Å². The number of hydrogen-bond acceptors (Lipinski definition) is 6. The third-order valence-electron chi connectivity index (χ3n) is 4.64. The standard InChI is InChI=1S/C19H25N5O4/c1-4-16(25)24-6-5-13(9-24)11-28-15-8-21-18-17(23-15)14(7-20-18)19(26)22-12(2)10-27-3/h4,7-8,12-13H,1,5-6,9-11H2,2-3H3,(H,20,21)(H,22,26)/t12-,13+/m0/s1. The second kappa shape index (κ2) is 8.83. The minimum absolute atomic E-state index is 0.0608. The van der Waals surface area contributed by atoms with E-state index in [0.717, 1.165) is 6.42 Å². The molecule has 150 valence electrons. The number of ether oxygens (including phenoxy) is 2.